The van der Waals surface area contributed by atoms with Crippen molar-refractivity contribution >= 4 is 33.4 Å². The van der Waals surface area contributed by atoms with Crippen LogP contribution < -0.4 is 0 Å². The van der Waals surface area contributed by atoms with Gasteiger partial charge in [-0.3, -0.25) is 0 Å². The summed E-state index contributed by atoms with van der Waals surface area (Å²) in [6.45, 7) is 0. The van der Waals surface area contributed by atoms with Gasteiger partial charge in [-0.25, -0.2) is 8.78 Å². The Balaban J connectivity index is 1.92. The Hall–Kier alpha value is -7.51. The molecule has 3 aromatic carbocycles. The average molecular weight is 677 g/mol. The van der Waals surface area contributed by atoms with Crippen molar-refractivity contribution in [1.82, 2.24) is 0 Å². The van der Waals surface area contributed by atoms with Gasteiger partial charge in [0.25, 0.3) is 0 Å². The van der Waals surface area contributed by atoms with Crippen molar-refractivity contribution in [2.75, 3.05) is 0 Å². The van der Waals surface area contributed by atoms with E-state index in [9.17, 15) is 66.7 Å². The van der Waals surface area contributed by atoms with E-state index in [1.54, 1.807) is 36.4 Å². The molecule has 0 heterocycles. The van der Waals surface area contributed by atoms with E-state index in [0.29, 0.717) is 18.2 Å². The number of nitriles is 7. The lowest BCUT2D eigenvalue weighted by atomic mass is 9.89. The van der Waals surface area contributed by atoms with Crippen molar-refractivity contribution in [1.29, 1.82) is 36.8 Å². The van der Waals surface area contributed by atoms with Gasteiger partial charge in [-0.1, -0.05) is 6.07 Å². The van der Waals surface area contributed by atoms with E-state index < -0.39 is 85.2 Å². The maximum Gasteiger partial charge on any atom is 0.417 e. The first-order valence-corrected chi connectivity index (χ1v) is 13.4. The summed E-state index contributed by atoms with van der Waals surface area (Å²) in [5, 5.41) is 68.9. The summed E-state index contributed by atoms with van der Waals surface area (Å²) in [6.07, 6.45) is -11.0. The first-order valence-electron chi connectivity index (χ1n) is 13.4. The molecule has 15 heteroatoms. The smallest absolute Gasteiger partial charge is 0.205 e. The molecule has 50 heavy (non-hydrogen) atoms. The Bertz CT molecular complexity index is 2490. The van der Waals surface area contributed by atoms with Gasteiger partial charge in [-0.2, -0.15) is 63.2 Å². The standard InChI is InChI=1S/C35H7F8N7/c36-28-4-16(5-29(37)25(28)14-50)31-24(13-49)20-7-21-19(6-22(20)33(31)18(10-46)11-47)23(12-48)30(32(21)17(8-44)9-45)15-1-2-26(34(38,39)40)27(3-15)35(41,42)43/h1-7H. The molecule has 0 saturated heterocycles. The van der Waals surface area contributed by atoms with Crippen molar-refractivity contribution in [3.05, 3.63) is 115 Å². The SMILES string of the molecule is N#CC(C#N)=C1C(c2cc(F)c(C#N)c(F)c2)=C(C#N)c2cc3c(cc21)C(C#N)=C(c1ccc(C(F)(F)F)c(C(F)(F)F)c1)C3=C(C#N)C#N. The van der Waals surface area contributed by atoms with Gasteiger partial charge in [0.05, 0.1) is 22.3 Å². The lowest BCUT2D eigenvalue weighted by molar-refractivity contribution is -0.162. The van der Waals surface area contributed by atoms with Crippen molar-refractivity contribution < 1.29 is 35.1 Å². The first-order chi connectivity index (χ1) is 23.6. The molecule has 5 rings (SSSR count). The quantitative estimate of drug-likeness (QED) is 0.194. The fourth-order valence-corrected chi connectivity index (χ4v) is 5.82. The molecule has 0 radical (unpaired) electrons. The van der Waals surface area contributed by atoms with Crippen LogP contribution in [-0.4, -0.2) is 0 Å². The molecule has 0 fully saturated rings. The van der Waals surface area contributed by atoms with Crippen LogP contribution in [0.3, 0.4) is 0 Å². The number of hydrogen-bond donors (Lipinski definition) is 0. The number of benzene rings is 3. The Morgan fingerprint density at radius 3 is 1.26 bits per heavy atom. The van der Waals surface area contributed by atoms with Gasteiger partial charge >= 0.3 is 12.4 Å². The van der Waals surface area contributed by atoms with Crippen molar-refractivity contribution in [3.63, 3.8) is 0 Å². The maximum absolute atomic E-state index is 14.8. The number of nitrogens with zero attached hydrogens (tertiary/aromatic N) is 7. The molecule has 0 saturated carbocycles. The predicted molar refractivity (Wildman–Crippen MR) is 155 cm³/mol. The van der Waals surface area contributed by atoms with Crippen LogP contribution in [0.15, 0.2) is 53.6 Å². The van der Waals surface area contributed by atoms with E-state index in [1.807, 2.05) is 0 Å². The van der Waals surface area contributed by atoms with Crippen LogP contribution in [0.2, 0.25) is 0 Å². The molecule has 0 aliphatic heterocycles. The molecule has 0 atom stereocenters. The monoisotopic (exact) mass is 677 g/mol. The number of allylic oxidation sites excluding steroid dienone is 8. The van der Waals surface area contributed by atoms with Crippen LogP contribution in [0.25, 0.3) is 33.4 Å². The molecule has 2 aliphatic rings. The average Bonchev–Trinajstić information content (AvgIpc) is 3.55. The summed E-state index contributed by atoms with van der Waals surface area (Å²) in [7, 11) is 0. The third kappa shape index (κ3) is 5.08. The minimum absolute atomic E-state index is 0.114. The number of halogens is 8. The number of hydrogen-bond acceptors (Lipinski definition) is 7. The minimum atomic E-state index is -5.55. The van der Waals surface area contributed by atoms with Gasteiger partial charge in [-0.15, -0.1) is 0 Å². The summed E-state index contributed by atoms with van der Waals surface area (Å²) in [6, 6.07) is 15.6. The first kappa shape index (κ1) is 33.8. The fraction of sp³-hybridized carbons (Fsp3) is 0.0571. The van der Waals surface area contributed by atoms with Crippen molar-refractivity contribution in [2.45, 2.75) is 12.4 Å². The summed E-state index contributed by atoms with van der Waals surface area (Å²) in [5.41, 5.74) is -11.1. The van der Waals surface area contributed by atoms with Crippen LogP contribution in [0, 0.1) is 91.0 Å². The number of fused-ring (bicyclic) bond motifs is 2. The lowest BCUT2D eigenvalue weighted by Crippen LogP contribution is -2.16. The zero-order valence-corrected chi connectivity index (χ0v) is 24.2. The molecule has 0 bridgehead atoms. The molecule has 0 unspecified atom stereocenters. The van der Waals surface area contributed by atoms with E-state index in [2.05, 4.69) is 0 Å². The van der Waals surface area contributed by atoms with Crippen molar-refractivity contribution in [3.8, 4) is 42.5 Å². The summed E-state index contributed by atoms with van der Waals surface area (Å²) >= 11 is 0. The van der Waals surface area contributed by atoms with Gasteiger partial charge in [-0.05, 0) is 58.7 Å². The molecule has 0 spiro atoms. The lowest BCUT2D eigenvalue weighted by Gasteiger charge is -2.17. The van der Waals surface area contributed by atoms with E-state index >= 15 is 0 Å². The molecule has 2 aliphatic carbocycles. The molecule has 0 N–H and O–H groups in total. The molecule has 238 valence electrons. The van der Waals surface area contributed by atoms with Crippen LogP contribution >= 0.6 is 0 Å². The third-order valence-electron chi connectivity index (χ3n) is 7.77. The highest BCUT2D eigenvalue weighted by Crippen LogP contribution is 2.55. The highest BCUT2D eigenvalue weighted by atomic mass is 19.4. The third-order valence-corrected chi connectivity index (χ3v) is 7.77. The number of rotatable bonds is 2. The molecular weight excluding hydrogens is 670 g/mol. The number of alkyl halides is 6. The normalized spacial score (nSPS) is 13.2. The zero-order chi connectivity index (χ0) is 36.9. The van der Waals surface area contributed by atoms with Gasteiger partial charge in [0.2, 0.25) is 0 Å². The van der Waals surface area contributed by atoms with Gasteiger partial charge in [0, 0.05) is 33.4 Å². The Kier molecular flexibility index (Phi) is 8.08. The van der Waals surface area contributed by atoms with E-state index in [1.165, 1.54) is 6.07 Å². The Labute approximate surface area is 275 Å². The second-order valence-corrected chi connectivity index (χ2v) is 10.3. The van der Waals surface area contributed by atoms with Gasteiger partial charge < -0.3 is 0 Å². The largest absolute Gasteiger partial charge is 0.417 e. The summed E-state index contributed by atoms with van der Waals surface area (Å²) in [4.78, 5) is 0. The van der Waals surface area contributed by atoms with E-state index in [0.717, 1.165) is 12.1 Å². The minimum Gasteiger partial charge on any atom is -0.205 e. The molecular formula is C35H7F8N7. The molecule has 3 aromatic rings. The fourth-order valence-electron chi connectivity index (χ4n) is 5.82. The molecule has 0 aromatic heterocycles. The maximum atomic E-state index is 14.8. The highest BCUT2D eigenvalue weighted by Gasteiger charge is 2.44. The summed E-state index contributed by atoms with van der Waals surface area (Å²) in [5.74, 6) is -2.71. The zero-order valence-electron chi connectivity index (χ0n) is 24.2. The molecule has 7 nitrogen and oxygen atoms in total. The van der Waals surface area contributed by atoms with Crippen molar-refractivity contribution in [2.24, 2.45) is 0 Å². The Morgan fingerprint density at radius 2 is 0.900 bits per heavy atom. The topological polar surface area (TPSA) is 167 Å². The van der Waals surface area contributed by atoms with Crippen LogP contribution in [0.1, 0.15) is 50.1 Å². The van der Waals surface area contributed by atoms with E-state index in [-0.39, 0.29) is 45.5 Å². The van der Waals surface area contributed by atoms with Gasteiger partial charge in [0.15, 0.2) is 0 Å². The van der Waals surface area contributed by atoms with Crippen LogP contribution in [0.4, 0.5) is 35.1 Å². The second-order valence-electron chi connectivity index (χ2n) is 10.3. The van der Waals surface area contributed by atoms with Crippen LogP contribution in [0.5, 0.6) is 0 Å². The second kappa shape index (κ2) is 11.9. The Morgan fingerprint density at radius 1 is 0.480 bits per heavy atom. The van der Waals surface area contributed by atoms with E-state index in [4.69, 9.17) is 5.26 Å². The van der Waals surface area contributed by atoms with Gasteiger partial charge in [0.1, 0.15) is 70.8 Å². The van der Waals surface area contributed by atoms with Crippen LogP contribution in [-0.2, 0) is 12.4 Å². The predicted octanol–water partition coefficient (Wildman–Crippen LogP) is 8.37. The highest BCUT2D eigenvalue weighted by molar-refractivity contribution is 6.29. The molecule has 0 amide bonds. The summed E-state index contributed by atoms with van der Waals surface area (Å²) < 4.78 is 112.